The van der Waals surface area contributed by atoms with Gasteiger partial charge in [0.05, 0.1) is 6.61 Å². The van der Waals surface area contributed by atoms with Crippen LogP contribution in [0.5, 0.6) is 0 Å². The molecule has 0 saturated carbocycles. The summed E-state index contributed by atoms with van der Waals surface area (Å²) >= 11 is 1.25. The summed E-state index contributed by atoms with van der Waals surface area (Å²) in [4.78, 5) is 33.9. The number of cyclic esters (lactones) is 1. The predicted octanol–water partition coefficient (Wildman–Crippen LogP) is 1.51. The van der Waals surface area contributed by atoms with Crippen LogP contribution in [0.25, 0.3) is 0 Å². The van der Waals surface area contributed by atoms with Crippen molar-refractivity contribution < 1.29 is 23.9 Å². The first-order chi connectivity index (χ1) is 11.1. The highest BCUT2D eigenvalue weighted by Gasteiger charge is 2.34. The first kappa shape index (κ1) is 17.7. The molecule has 6 nitrogen and oxygen atoms in total. The van der Waals surface area contributed by atoms with Gasteiger partial charge < -0.3 is 9.47 Å². The lowest BCUT2D eigenvalue weighted by Crippen LogP contribution is -2.34. The van der Waals surface area contributed by atoms with Crippen LogP contribution in [0.15, 0.2) is 29.4 Å². The molecule has 2 aliphatic rings. The van der Waals surface area contributed by atoms with Crippen LogP contribution >= 0.6 is 11.8 Å². The number of carbonyl (C=O) groups is 2. The Morgan fingerprint density at radius 1 is 1.57 bits per heavy atom. The predicted molar refractivity (Wildman–Crippen MR) is 86.2 cm³/mol. The fraction of sp³-hybridized carbons (Fsp3) is 0.500. The van der Waals surface area contributed by atoms with Crippen LogP contribution in [0.2, 0.25) is 0 Å². The molecule has 7 heteroatoms. The average Bonchev–Trinajstić information content (AvgIpc) is 2.91. The molecule has 1 unspecified atom stereocenters. The molecule has 1 N–H and O–H groups in total. The number of ether oxygens (including phenoxy) is 2. The van der Waals surface area contributed by atoms with Gasteiger partial charge in [-0.25, -0.2) is 10.1 Å². The fourth-order valence-electron chi connectivity index (χ4n) is 2.23. The molecule has 0 aromatic carbocycles. The SMILES string of the molecule is CCSC(=O)CCC1N[C@@H](OCC2=CC(=C=O)CC=C2)OC1=O. The van der Waals surface area contributed by atoms with Crippen molar-refractivity contribution in [3.8, 4) is 0 Å². The molecule has 0 bridgehead atoms. The van der Waals surface area contributed by atoms with E-state index in [2.05, 4.69) is 5.32 Å². The summed E-state index contributed by atoms with van der Waals surface area (Å²) < 4.78 is 10.6. The number of allylic oxidation sites excluding steroid dienone is 3. The van der Waals surface area contributed by atoms with Crippen LogP contribution in [-0.4, -0.2) is 41.8 Å². The van der Waals surface area contributed by atoms with Crippen molar-refractivity contribution in [3.05, 3.63) is 29.4 Å². The van der Waals surface area contributed by atoms with Gasteiger partial charge in [0.2, 0.25) is 0 Å². The zero-order chi connectivity index (χ0) is 16.7. The maximum Gasteiger partial charge on any atom is 0.326 e. The molecule has 1 fully saturated rings. The Balaban J connectivity index is 1.77. The maximum atomic E-state index is 11.7. The van der Waals surface area contributed by atoms with Gasteiger partial charge in [0.1, 0.15) is 12.0 Å². The summed E-state index contributed by atoms with van der Waals surface area (Å²) in [7, 11) is 0. The van der Waals surface area contributed by atoms with Crippen LogP contribution in [0.1, 0.15) is 26.2 Å². The van der Waals surface area contributed by atoms with Gasteiger partial charge in [-0.15, -0.1) is 0 Å². The molecule has 124 valence electrons. The monoisotopic (exact) mass is 337 g/mol. The lowest BCUT2D eigenvalue weighted by molar-refractivity contribution is -0.163. The third kappa shape index (κ3) is 5.48. The smallest absolute Gasteiger partial charge is 0.326 e. The Labute approximate surface area is 139 Å². The number of carbonyl (C=O) groups excluding carboxylic acids is 3. The molecule has 2 rings (SSSR count). The van der Waals surface area contributed by atoms with Crippen molar-refractivity contribution in [1.82, 2.24) is 5.32 Å². The fourth-order valence-corrected chi connectivity index (χ4v) is 2.82. The number of hydrogen-bond acceptors (Lipinski definition) is 7. The van der Waals surface area contributed by atoms with Gasteiger partial charge in [0, 0.05) is 18.4 Å². The summed E-state index contributed by atoms with van der Waals surface area (Å²) in [5.41, 5.74) is 1.37. The van der Waals surface area contributed by atoms with E-state index in [0.29, 0.717) is 24.8 Å². The Morgan fingerprint density at radius 3 is 3.13 bits per heavy atom. The minimum absolute atomic E-state index is 0.0668. The zero-order valence-corrected chi connectivity index (χ0v) is 13.7. The molecule has 1 heterocycles. The van der Waals surface area contributed by atoms with Gasteiger partial charge in [0.25, 0.3) is 6.41 Å². The van der Waals surface area contributed by atoms with E-state index in [0.717, 1.165) is 11.3 Å². The molecule has 0 spiro atoms. The van der Waals surface area contributed by atoms with Gasteiger partial charge in [-0.3, -0.25) is 9.59 Å². The number of thioether (sulfide) groups is 1. The summed E-state index contributed by atoms with van der Waals surface area (Å²) in [6, 6.07) is -0.525. The normalized spacial score (nSPS) is 23.4. The lowest BCUT2D eigenvalue weighted by Gasteiger charge is -2.13. The number of esters is 1. The van der Waals surface area contributed by atoms with E-state index in [1.165, 1.54) is 11.8 Å². The minimum Gasteiger partial charge on any atom is -0.420 e. The van der Waals surface area contributed by atoms with E-state index in [-0.39, 0.29) is 11.7 Å². The second-order valence-electron chi connectivity index (χ2n) is 5.10. The summed E-state index contributed by atoms with van der Waals surface area (Å²) in [5.74, 6) is 2.18. The topological polar surface area (TPSA) is 81.7 Å². The van der Waals surface area contributed by atoms with Crippen LogP contribution < -0.4 is 5.32 Å². The number of rotatable bonds is 7. The van der Waals surface area contributed by atoms with Crippen molar-refractivity contribution in [2.75, 3.05) is 12.4 Å². The van der Waals surface area contributed by atoms with Gasteiger partial charge >= 0.3 is 5.97 Å². The second-order valence-corrected chi connectivity index (χ2v) is 6.42. The quantitative estimate of drug-likeness (QED) is 0.557. The Kier molecular flexibility index (Phi) is 6.80. The molecule has 1 aliphatic heterocycles. The Hall–Kier alpha value is -1.66. The van der Waals surface area contributed by atoms with E-state index in [1.807, 2.05) is 25.0 Å². The van der Waals surface area contributed by atoms with Gasteiger partial charge in [-0.1, -0.05) is 30.8 Å². The molecule has 23 heavy (non-hydrogen) atoms. The molecular formula is C16H19NO5S. The van der Waals surface area contributed by atoms with Crippen molar-refractivity contribution >= 4 is 28.8 Å². The first-order valence-corrected chi connectivity index (χ1v) is 8.45. The Bertz CT molecular complexity index is 577. The highest BCUT2D eigenvalue weighted by Crippen LogP contribution is 2.17. The van der Waals surface area contributed by atoms with E-state index in [4.69, 9.17) is 9.47 Å². The second kappa shape index (κ2) is 8.84. The highest BCUT2D eigenvalue weighted by molar-refractivity contribution is 8.13. The van der Waals surface area contributed by atoms with Crippen molar-refractivity contribution in [1.29, 1.82) is 0 Å². The largest absolute Gasteiger partial charge is 0.420 e. The number of hydrogen-bond donors (Lipinski definition) is 1. The van der Waals surface area contributed by atoms with Crippen molar-refractivity contribution in [2.45, 2.75) is 38.6 Å². The third-order valence-electron chi connectivity index (χ3n) is 3.35. The van der Waals surface area contributed by atoms with Gasteiger partial charge in [-0.2, -0.15) is 0 Å². The summed E-state index contributed by atoms with van der Waals surface area (Å²) in [5, 5.41) is 2.98. The highest BCUT2D eigenvalue weighted by atomic mass is 32.2. The van der Waals surface area contributed by atoms with E-state index >= 15 is 0 Å². The van der Waals surface area contributed by atoms with Crippen molar-refractivity contribution in [3.63, 3.8) is 0 Å². The maximum absolute atomic E-state index is 11.7. The Morgan fingerprint density at radius 2 is 2.39 bits per heavy atom. The number of nitrogens with one attached hydrogen (secondary N) is 1. The molecule has 2 atom stereocenters. The third-order valence-corrected chi connectivity index (χ3v) is 4.16. The van der Waals surface area contributed by atoms with Crippen LogP contribution in [-0.2, 0) is 23.9 Å². The first-order valence-electron chi connectivity index (χ1n) is 7.47. The van der Waals surface area contributed by atoms with E-state index in [1.54, 1.807) is 6.08 Å². The van der Waals surface area contributed by atoms with Crippen LogP contribution in [0.3, 0.4) is 0 Å². The van der Waals surface area contributed by atoms with Gasteiger partial charge in [0.15, 0.2) is 5.12 Å². The molecule has 0 amide bonds. The van der Waals surface area contributed by atoms with Gasteiger partial charge in [-0.05, 0) is 23.8 Å². The van der Waals surface area contributed by atoms with Crippen molar-refractivity contribution in [2.24, 2.45) is 0 Å². The molecule has 0 aromatic rings. The minimum atomic E-state index is -0.832. The van der Waals surface area contributed by atoms with E-state index < -0.39 is 18.4 Å². The van der Waals surface area contributed by atoms with E-state index in [9.17, 15) is 14.4 Å². The molecule has 0 aromatic heterocycles. The van der Waals surface area contributed by atoms with Crippen LogP contribution in [0.4, 0.5) is 0 Å². The summed E-state index contributed by atoms with van der Waals surface area (Å²) in [6.07, 6.45) is 5.87. The molecule has 0 radical (unpaired) electrons. The molecule has 1 aliphatic carbocycles. The lowest BCUT2D eigenvalue weighted by atomic mass is 10.0. The average molecular weight is 337 g/mol. The molecular weight excluding hydrogens is 318 g/mol. The van der Waals surface area contributed by atoms with Crippen LogP contribution in [0, 0.1) is 0 Å². The molecule has 1 saturated heterocycles. The zero-order valence-electron chi connectivity index (χ0n) is 12.9. The standard InChI is InChI=1S/C16H19NO5S/c1-2-23-14(19)7-6-13-15(20)22-16(17-13)21-10-12-5-3-4-11(8-12)9-18/h3,5,8,13,16-17H,2,4,6-7,10H2,1H3/t13?,16-/m0/s1. The summed E-state index contributed by atoms with van der Waals surface area (Å²) in [6.45, 7) is 2.12.